The fourth-order valence-corrected chi connectivity index (χ4v) is 1.94. The van der Waals surface area contributed by atoms with Crippen molar-refractivity contribution < 1.29 is 4.79 Å². The van der Waals surface area contributed by atoms with E-state index in [1.54, 1.807) is 6.92 Å². The van der Waals surface area contributed by atoms with Gasteiger partial charge < -0.3 is 10.6 Å². The summed E-state index contributed by atoms with van der Waals surface area (Å²) in [6.07, 6.45) is 2.35. The Bertz CT molecular complexity index is 542. The summed E-state index contributed by atoms with van der Waals surface area (Å²) in [5.74, 6) is 0.156. The van der Waals surface area contributed by atoms with Gasteiger partial charge in [-0.15, -0.1) is 0 Å². The maximum absolute atomic E-state index is 12.1. The van der Waals surface area contributed by atoms with Crippen molar-refractivity contribution in [3.63, 3.8) is 0 Å². The molecule has 1 aromatic heterocycles. The smallest absolute Gasteiger partial charge is 0.287 e. The number of rotatable bonds is 7. The third-order valence-electron chi connectivity index (χ3n) is 2.84. The summed E-state index contributed by atoms with van der Waals surface area (Å²) in [4.78, 5) is 23.9. The fraction of sp³-hybridized carbons (Fsp3) is 0.643. The van der Waals surface area contributed by atoms with Gasteiger partial charge in [0.2, 0.25) is 5.91 Å². The van der Waals surface area contributed by atoms with Crippen molar-refractivity contribution >= 4 is 23.2 Å². The predicted octanol–water partition coefficient (Wildman–Crippen LogP) is 1.88. The SMILES string of the molecule is CCCNC(=O)C(C)Nc1cnn(CC(C)C)c(=O)c1Cl. The Hall–Kier alpha value is -1.56. The number of anilines is 1. The summed E-state index contributed by atoms with van der Waals surface area (Å²) in [6.45, 7) is 8.80. The Morgan fingerprint density at radius 1 is 1.43 bits per heavy atom. The molecule has 2 N–H and O–H groups in total. The van der Waals surface area contributed by atoms with Crippen molar-refractivity contribution in [2.24, 2.45) is 5.92 Å². The minimum absolute atomic E-state index is 0.0563. The highest BCUT2D eigenvalue weighted by molar-refractivity contribution is 6.33. The van der Waals surface area contributed by atoms with E-state index < -0.39 is 6.04 Å². The summed E-state index contributed by atoms with van der Waals surface area (Å²) in [6, 6.07) is -0.490. The molecule has 1 amide bonds. The molecule has 1 aromatic rings. The van der Waals surface area contributed by atoms with Gasteiger partial charge in [0.15, 0.2) is 0 Å². The highest BCUT2D eigenvalue weighted by Crippen LogP contribution is 2.16. The van der Waals surface area contributed by atoms with Gasteiger partial charge in [0.05, 0.1) is 11.9 Å². The first-order valence-electron chi connectivity index (χ1n) is 7.16. The molecule has 0 spiro atoms. The first-order valence-corrected chi connectivity index (χ1v) is 7.54. The van der Waals surface area contributed by atoms with E-state index in [2.05, 4.69) is 15.7 Å². The maximum atomic E-state index is 12.1. The number of hydrogen-bond acceptors (Lipinski definition) is 4. The molecule has 1 rings (SSSR count). The average Bonchev–Trinajstić information content (AvgIpc) is 2.43. The van der Waals surface area contributed by atoms with Crippen LogP contribution in [-0.2, 0) is 11.3 Å². The van der Waals surface area contributed by atoms with Crippen LogP contribution in [0.5, 0.6) is 0 Å². The Balaban J connectivity index is 2.83. The molecule has 1 heterocycles. The first-order chi connectivity index (χ1) is 9.86. The van der Waals surface area contributed by atoms with Gasteiger partial charge in [0, 0.05) is 13.1 Å². The van der Waals surface area contributed by atoms with E-state index in [9.17, 15) is 9.59 Å². The van der Waals surface area contributed by atoms with E-state index in [0.717, 1.165) is 6.42 Å². The van der Waals surface area contributed by atoms with E-state index >= 15 is 0 Å². The van der Waals surface area contributed by atoms with Crippen LogP contribution in [-0.4, -0.2) is 28.3 Å². The van der Waals surface area contributed by atoms with E-state index in [1.807, 2.05) is 20.8 Å². The standard InChI is InChI=1S/C14H23ClN4O2/c1-5-6-16-13(20)10(4)18-11-7-17-19(8-9(2)3)14(21)12(11)15/h7,9-10,18H,5-6,8H2,1-4H3,(H,16,20). The van der Waals surface area contributed by atoms with Gasteiger partial charge in [0.25, 0.3) is 5.56 Å². The molecule has 21 heavy (non-hydrogen) atoms. The zero-order valence-electron chi connectivity index (χ0n) is 12.9. The summed E-state index contributed by atoms with van der Waals surface area (Å²) >= 11 is 6.07. The van der Waals surface area contributed by atoms with Gasteiger partial charge >= 0.3 is 0 Å². The second-order valence-corrected chi connectivity index (χ2v) is 5.79. The predicted molar refractivity (Wildman–Crippen MR) is 84.7 cm³/mol. The number of nitrogens with one attached hydrogen (secondary N) is 2. The van der Waals surface area contributed by atoms with Crippen molar-refractivity contribution in [2.45, 2.75) is 46.7 Å². The Labute approximate surface area is 129 Å². The third-order valence-corrected chi connectivity index (χ3v) is 3.20. The number of carbonyl (C=O) groups excluding carboxylic acids is 1. The van der Waals surface area contributed by atoms with Gasteiger partial charge in [-0.25, -0.2) is 4.68 Å². The van der Waals surface area contributed by atoms with Gasteiger partial charge in [0.1, 0.15) is 11.1 Å². The molecule has 0 fully saturated rings. The molecular formula is C14H23ClN4O2. The highest BCUT2D eigenvalue weighted by Gasteiger charge is 2.16. The number of carbonyl (C=O) groups is 1. The maximum Gasteiger partial charge on any atom is 0.287 e. The molecule has 118 valence electrons. The lowest BCUT2D eigenvalue weighted by Crippen LogP contribution is -2.38. The molecule has 0 aromatic carbocycles. The number of hydrogen-bond donors (Lipinski definition) is 2. The third kappa shape index (κ3) is 5.04. The fourth-order valence-electron chi connectivity index (χ4n) is 1.74. The molecule has 7 heteroatoms. The van der Waals surface area contributed by atoms with Crippen LogP contribution in [0.3, 0.4) is 0 Å². The lowest BCUT2D eigenvalue weighted by Gasteiger charge is -2.16. The topological polar surface area (TPSA) is 76.0 Å². The monoisotopic (exact) mass is 314 g/mol. The summed E-state index contributed by atoms with van der Waals surface area (Å²) < 4.78 is 1.33. The number of amides is 1. The molecule has 0 saturated heterocycles. The van der Waals surface area contributed by atoms with Crippen molar-refractivity contribution in [1.82, 2.24) is 15.1 Å². The normalized spacial score (nSPS) is 12.3. The zero-order valence-corrected chi connectivity index (χ0v) is 13.7. The number of halogens is 1. The van der Waals surface area contributed by atoms with Crippen LogP contribution in [0.4, 0.5) is 5.69 Å². The first kappa shape index (κ1) is 17.5. The van der Waals surface area contributed by atoms with Crippen molar-refractivity contribution in [3.8, 4) is 0 Å². The molecular weight excluding hydrogens is 292 g/mol. The average molecular weight is 315 g/mol. The lowest BCUT2D eigenvalue weighted by atomic mass is 10.2. The van der Waals surface area contributed by atoms with Crippen LogP contribution in [0.15, 0.2) is 11.0 Å². The second-order valence-electron chi connectivity index (χ2n) is 5.41. The highest BCUT2D eigenvalue weighted by atomic mass is 35.5. The second kappa shape index (κ2) is 8.02. The quantitative estimate of drug-likeness (QED) is 0.805. The van der Waals surface area contributed by atoms with Crippen molar-refractivity contribution in [1.29, 1.82) is 0 Å². The molecule has 0 aliphatic carbocycles. The van der Waals surface area contributed by atoms with Gasteiger partial charge in [-0.1, -0.05) is 32.4 Å². The molecule has 0 bridgehead atoms. The van der Waals surface area contributed by atoms with Crippen molar-refractivity contribution in [2.75, 3.05) is 11.9 Å². The Kier molecular flexibility index (Phi) is 6.68. The van der Waals surface area contributed by atoms with E-state index in [4.69, 9.17) is 11.6 Å². The molecule has 6 nitrogen and oxygen atoms in total. The van der Waals surface area contributed by atoms with Gasteiger partial charge in [-0.2, -0.15) is 5.10 Å². The van der Waals surface area contributed by atoms with E-state index in [-0.39, 0.29) is 16.5 Å². The van der Waals surface area contributed by atoms with E-state index in [1.165, 1.54) is 10.9 Å². The molecule has 0 aliphatic heterocycles. The zero-order chi connectivity index (χ0) is 16.0. The number of nitrogens with zero attached hydrogens (tertiary/aromatic N) is 2. The molecule has 0 aliphatic rings. The summed E-state index contributed by atoms with van der Waals surface area (Å²) in [7, 11) is 0. The summed E-state index contributed by atoms with van der Waals surface area (Å²) in [5, 5.41) is 9.83. The lowest BCUT2D eigenvalue weighted by molar-refractivity contribution is -0.121. The summed E-state index contributed by atoms with van der Waals surface area (Å²) in [5.41, 5.74) is 0.0253. The molecule has 0 radical (unpaired) electrons. The molecule has 0 saturated carbocycles. The minimum atomic E-state index is -0.490. The van der Waals surface area contributed by atoms with Crippen LogP contribution in [0, 0.1) is 5.92 Å². The van der Waals surface area contributed by atoms with Crippen LogP contribution < -0.4 is 16.2 Å². The number of aromatic nitrogens is 2. The largest absolute Gasteiger partial charge is 0.371 e. The molecule has 1 unspecified atom stereocenters. The van der Waals surface area contributed by atoms with Crippen molar-refractivity contribution in [3.05, 3.63) is 21.6 Å². The Morgan fingerprint density at radius 3 is 2.67 bits per heavy atom. The minimum Gasteiger partial charge on any atom is -0.371 e. The van der Waals surface area contributed by atoms with Crippen LogP contribution in [0.2, 0.25) is 5.02 Å². The van der Waals surface area contributed by atoms with Gasteiger partial charge in [-0.05, 0) is 19.3 Å². The van der Waals surface area contributed by atoms with E-state index in [0.29, 0.717) is 24.7 Å². The van der Waals surface area contributed by atoms with Gasteiger partial charge in [-0.3, -0.25) is 9.59 Å². The van der Waals surface area contributed by atoms with Crippen LogP contribution in [0.25, 0.3) is 0 Å². The van der Waals surface area contributed by atoms with Crippen LogP contribution >= 0.6 is 11.6 Å². The molecule has 1 atom stereocenters. The van der Waals surface area contributed by atoms with Crippen LogP contribution in [0.1, 0.15) is 34.1 Å². The Morgan fingerprint density at radius 2 is 2.10 bits per heavy atom.